The Morgan fingerprint density at radius 2 is 2.24 bits per heavy atom. The number of aromatic nitrogens is 2. The van der Waals surface area contributed by atoms with Crippen molar-refractivity contribution in [3.63, 3.8) is 0 Å². The highest BCUT2D eigenvalue weighted by Gasteiger charge is 2.26. The summed E-state index contributed by atoms with van der Waals surface area (Å²) in [4.78, 5) is 10.8. The maximum absolute atomic E-state index is 10.8. The number of carbonyl (C=O) groups is 1. The van der Waals surface area contributed by atoms with Crippen LogP contribution in [-0.2, 0) is 23.2 Å². The molecule has 5 nitrogen and oxygen atoms in total. The van der Waals surface area contributed by atoms with E-state index in [1.807, 2.05) is 19.3 Å². The summed E-state index contributed by atoms with van der Waals surface area (Å²) in [6.07, 6.45) is 5.20. The highest BCUT2D eigenvalue weighted by molar-refractivity contribution is 5.70. The molecule has 0 bridgehead atoms. The van der Waals surface area contributed by atoms with Crippen LogP contribution in [0.4, 0.5) is 0 Å². The van der Waals surface area contributed by atoms with Crippen LogP contribution in [-0.4, -0.2) is 27.0 Å². The van der Waals surface area contributed by atoms with Crippen molar-refractivity contribution in [1.29, 1.82) is 0 Å². The van der Waals surface area contributed by atoms with E-state index < -0.39 is 5.97 Å². The third-order valence-corrected chi connectivity index (χ3v) is 3.26. The van der Waals surface area contributed by atoms with Gasteiger partial charge in [-0.15, -0.1) is 0 Å². The highest BCUT2D eigenvalue weighted by atomic mass is 16.5. The Kier molecular flexibility index (Phi) is 3.78. The number of carboxylic acid groups (broad SMARTS) is 1. The number of ether oxygens (including phenoxy) is 1. The fourth-order valence-corrected chi connectivity index (χ4v) is 2.22. The van der Waals surface area contributed by atoms with Crippen LogP contribution in [0.5, 0.6) is 0 Å². The molecule has 1 aliphatic carbocycles. The predicted octanol–water partition coefficient (Wildman–Crippen LogP) is 1.58. The summed E-state index contributed by atoms with van der Waals surface area (Å²) in [6, 6.07) is 1.93. The maximum atomic E-state index is 10.8. The van der Waals surface area contributed by atoms with Crippen molar-refractivity contribution in [2.75, 3.05) is 0 Å². The SMILES string of the molecule is Cn1ccc(COC2CCC(C(=O)O)CC2)n1. The van der Waals surface area contributed by atoms with E-state index >= 15 is 0 Å². The monoisotopic (exact) mass is 238 g/mol. The number of rotatable bonds is 4. The zero-order valence-corrected chi connectivity index (χ0v) is 10.0. The zero-order valence-electron chi connectivity index (χ0n) is 10.0. The molecule has 0 unspecified atom stereocenters. The lowest BCUT2D eigenvalue weighted by Gasteiger charge is -2.25. The zero-order chi connectivity index (χ0) is 12.3. The van der Waals surface area contributed by atoms with Crippen LogP contribution in [0.25, 0.3) is 0 Å². The van der Waals surface area contributed by atoms with Crippen LogP contribution in [0.2, 0.25) is 0 Å². The maximum Gasteiger partial charge on any atom is 0.306 e. The molecule has 2 rings (SSSR count). The molecule has 0 atom stereocenters. The van der Waals surface area contributed by atoms with Crippen LogP contribution < -0.4 is 0 Å². The van der Waals surface area contributed by atoms with Gasteiger partial charge in [-0.05, 0) is 31.7 Å². The van der Waals surface area contributed by atoms with Gasteiger partial charge in [0.2, 0.25) is 0 Å². The van der Waals surface area contributed by atoms with Gasteiger partial charge in [0.05, 0.1) is 24.3 Å². The minimum absolute atomic E-state index is 0.176. The first-order chi connectivity index (χ1) is 8.15. The van der Waals surface area contributed by atoms with Crippen molar-refractivity contribution >= 4 is 5.97 Å². The number of hydrogen-bond donors (Lipinski definition) is 1. The van der Waals surface area contributed by atoms with Crippen molar-refractivity contribution in [3.05, 3.63) is 18.0 Å². The molecule has 1 saturated carbocycles. The first kappa shape index (κ1) is 12.1. The van der Waals surface area contributed by atoms with Gasteiger partial charge in [0.1, 0.15) is 0 Å². The summed E-state index contributed by atoms with van der Waals surface area (Å²) < 4.78 is 7.49. The fourth-order valence-electron chi connectivity index (χ4n) is 2.22. The van der Waals surface area contributed by atoms with Crippen LogP contribution in [0.1, 0.15) is 31.4 Å². The smallest absolute Gasteiger partial charge is 0.306 e. The number of aryl methyl sites for hydroxylation is 1. The van der Waals surface area contributed by atoms with Crippen molar-refractivity contribution in [2.45, 2.75) is 38.4 Å². The standard InChI is InChI=1S/C12H18N2O3/c1-14-7-6-10(13-14)8-17-11-4-2-9(3-5-11)12(15)16/h6-7,9,11H,2-5,8H2,1H3,(H,15,16). The average Bonchev–Trinajstić information content (AvgIpc) is 2.73. The van der Waals surface area contributed by atoms with Gasteiger partial charge in [-0.3, -0.25) is 9.48 Å². The van der Waals surface area contributed by atoms with Crippen LogP contribution >= 0.6 is 0 Å². The average molecular weight is 238 g/mol. The quantitative estimate of drug-likeness (QED) is 0.865. The minimum Gasteiger partial charge on any atom is -0.481 e. The lowest BCUT2D eigenvalue weighted by atomic mass is 9.87. The van der Waals surface area contributed by atoms with Gasteiger partial charge in [0.25, 0.3) is 0 Å². The summed E-state index contributed by atoms with van der Waals surface area (Å²) in [5.41, 5.74) is 0.924. The molecule has 0 radical (unpaired) electrons. The predicted molar refractivity (Wildman–Crippen MR) is 61.4 cm³/mol. The molecule has 1 aliphatic rings. The second kappa shape index (κ2) is 5.31. The molecule has 5 heteroatoms. The van der Waals surface area contributed by atoms with Crippen LogP contribution in [0, 0.1) is 5.92 Å². The molecule has 1 aromatic rings. The van der Waals surface area contributed by atoms with Gasteiger partial charge in [-0.1, -0.05) is 0 Å². The van der Waals surface area contributed by atoms with E-state index in [9.17, 15) is 4.79 Å². The summed E-state index contributed by atoms with van der Waals surface area (Å²) in [6.45, 7) is 0.517. The fraction of sp³-hybridized carbons (Fsp3) is 0.667. The molecule has 1 aromatic heterocycles. The molecule has 94 valence electrons. The molecule has 0 amide bonds. The third kappa shape index (κ3) is 3.30. The Morgan fingerprint density at radius 3 is 2.76 bits per heavy atom. The Labute approximate surface area is 100 Å². The molecule has 0 aliphatic heterocycles. The largest absolute Gasteiger partial charge is 0.481 e. The molecule has 0 aromatic carbocycles. The van der Waals surface area contributed by atoms with E-state index in [0.29, 0.717) is 6.61 Å². The number of aliphatic carboxylic acids is 1. The Balaban J connectivity index is 1.73. The normalized spacial score (nSPS) is 24.8. The summed E-state index contributed by atoms with van der Waals surface area (Å²) in [5, 5.41) is 13.1. The molecule has 1 heterocycles. The Bertz CT molecular complexity index is 381. The number of hydrogen-bond acceptors (Lipinski definition) is 3. The molecule has 0 spiro atoms. The first-order valence-corrected chi connectivity index (χ1v) is 5.98. The van der Waals surface area contributed by atoms with E-state index in [2.05, 4.69) is 5.10 Å². The molecule has 0 saturated heterocycles. The second-order valence-electron chi connectivity index (χ2n) is 4.60. The van der Waals surface area contributed by atoms with E-state index in [1.165, 1.54) is 0 Å². The molecule has 17 heavy (non-hydrogen) atoms. The molecule has 1 fully saturated rings. The van der Waals surface area contributed by atoms with Gasteiger partial charge in [0.15, 0.2) is 0 Å². The number of nitrogens with zero attached hydrogens (tertiary/aromatic N) is 2. The van der Waals surface area contributed by atoms with E-state index in [-0.39, 0.29) is 12.0 Å². The van der Waals surface area contributed by atoms with Crippen molar-refractivity contribution in [1.82, 2.24) is 9.78 Å². The summed E-state index contributed by atoms with van der Waals surface area (Å²) >= 11 is 0. The number of carboxylic acids is 1. The van der Waals surface area contributed by atoms with E-state index in [0.717, 1.165) is 31.4 Å². The van der Waals surface area contributed by atoms with Crippen molar-refractivity contribution < 1.29 is 14.6 Å². The van der Waals surface area contributed by atoms with Gasteiger partial charge < -0.3 is 9.84 Å². The van der Waals surface area contributed by atoms with Gasteiger partial charge in [0, 0.05) is 13.2 Å². The minimum atomic E-state index is -0.673. The molecule has 1 N–H and O–H groups in total. The highest BCUT2D eigenvalue weighted by Crippen LogP contribution is 2.26. The lowest BCUT2D eigenvalue weighted by Crippen LogP contribution is -2.26. The Hall–Kier alpha value is -1.36. The van der Waals surface area contributed by atoms with Gasteiger partial charge in [-0.25, -0.2) is 0 Å². The van der Waals surface area contributed by atoms with Gasteiger partial charge >= 0.3 is 5.97 Å². The Morgan fingerprint density at radius 1 is 1.53 bits per heavy atom. The third-order valence-electron chi connectivity index (χ3n) is 3.26. The van der Waals surface area contributed by atoms with Crippen molar-refractivity contribution in [3.8, 4) is 0 Å². The lowest BCUT2D eigenvalue weighted by molar-refractivity contribution is -0.143. The summed E-state index contributed by atoms with van der Waals surface area (Å²) in [5.74, 6) is -0.849. The first-order valence-electron chi connectivity index (χ1n) is 5.98. The molecular formula is C12H18N2O3. The molecular weight excluding hydrogens is 220 g/mol. The van der Waals surface area contributed by atoms with Gasteiger partial charge in [-0.2, -0.15) is 5.10 Å². The van der Waals surface area contributed by atoms with Crippen LogP contribution in [0.15, 0.2) is 12.3 Å². The topological polar surface area (TPSA) is 64.3 Å². The van der Waals surface area contributed by atoms with Crippen molar-refractivity contribution in [2.24, 2.45) is 13.0 Å². The van der Waals surface area contributed by atoms with E-state index in [1.54, 1.807) is 4.68 Å². The van der Waals surface area contributed by atoms with Crippen LogP contribution in [0.3, 0.4) is 0 Å². The van der Waals surface area contributed by atoms with E-state index in [4.69, 9.17) is 9.84 Å². The summed E-state index contributed by atoms with van der Waals surface area (Å²) in [7, 11) is 1.88. The second-order valence-corrected chi connectivity index (χ2v) is 4.60.